The summed E-state index contributed by atoms with van der Waals surface area (Å²) in [5.74, 6) is -1.03. The van der Waals surface area contributed by atoms with Crippen LogP contribution in [0.25, 0.3) is 10.9 Å². The van der Waals surface area contributed by atoms with Crippen molar-refractivity contribution < 1.29 is 14.0 Å². The predicted octanol–water partition coefficient (Wildman–Crippen LogP) is 4.87. The Morgan fingerprint density at radius 2 is 1.55 bits per heavy atom. The van der Waals surface area contributed by atoms with Crippen LogP contribution in [0.15, 0.2) is 36.4 Å². The molecule has 0 saturated carbocycles. The van der Waals surface area contributed by atoms with E-state index < -0.39 is 5.82 Å². The number of hydrogen-bond acceptors (Lipinski definition) is 2. The van der Waals surface area contributed by atoms with E-state index in [9.17, 15) is 14.0 Å². The molecule has 0 unspecified atom stereocenters. The van der Waals surface area contributed by atoms with Crippen molar-refractivity contribution in [1.82, 2.24) is 14.8 Å². The van der Waals surface area contributed by atoms with Crippen LogP contribution in [0.2, 0.25) is 15.1 Å². The molecule has 0 atom stereocenters. The molecule has 0 spiro atoms. The molecule has 1 saturated heterocycles. The Bertz CT molecular complexity index is 1120. The number of aromatic nitrogens is 1. The number of carbonyl (C=O) groups is 2. The van der Waals surface area contributed by atoms with Crippen LogP contribution in [-0.2, 0) is 0 Å². The third-order valence-corrected chi connectivity index (χ3v) is 5.87. The number of piperazine rings is 1. The zero-order chi connectivity index (χ0) is 20.7. The van der Waals surface area contributed by atoms with Gasteiger partial charge in [-0.3, -0.25) is 9.59 Å². The van der Waals surface area contributed by atoms with E-state index in [-0.39, 0.29) is 22.4 Å². The second-order valence-corrected chi connectivity index (χ2v) is 7.93. The average molecular weight is 455 g/mol. The van der Waals surface area contributed by atoms with Gasteiger partial charge in [0.15, 0.2) is 0 Å². The standard InChI is InChI=1S/C20H15Cl3FN3O2/c21-11-1-4-16-14(9-11)17(23)18(25-16)20(29)27-7-5-26(6-8-27)19(28)13-3-2-12(24)10-15(13)22/h1-4,9-10,25H,5-8H2. The molecule has 1 aliphatic rings. The van der Waals surface area contributed by atoms with E-state index in [1.807, 2.05) is 0 Å². The van der Waals surface area contributed by atoms with E-state index in [4.69, 9.17) is 34.8 Å². The van der Waals surface area contributed by atoms with Crippen LogP contribution in [0.4, 0.5) is 4.39 Å². The molecule has 3 aromatic rings. The number of hydrogen-bond donors (Lipinski definition) is 1. The number of nitrogens with one attached hydrogen (secondary N) is 1. The summed E-state index contributed by atoms with van der Waals surface area (Å²) in [4.78, 5) is 31.9. The summed E-state index contributed by atoms with van der Waals surface area (Å²) in [5.41, 5.74) is 1.26. The predicted molar refractivity (Wildman–Crippen MR) is 112 cm³/mol. The van der Waals surface area contributed by atoms with Crippen LogP contribution in [0.3, 0.4) is 0 Å². The van der Waals surface area contributed by atoms with Crippen LogP contribution < -0.4 is 0 Å². The third kappa shape index (κ3) is 3.80. The molecule has 0 aliphatic carbocycles. The lowest BCUT2D eigenvalue weighted by molar-refractivity contribution is 0.0533. The van der Waals surface area contributed by atoms with E-state index in [0.29, 0.717) is 47.3 Å². The number of fused-ring (bicyclic) bond motifs is 1. The summed E-state index contributed by atoms with van der Waals surface area (Å²) in [6.07, 6.45) is 0. The number of amides is 2. The van der Waals surface area contributed by atoms with E-state index in [0.717, 1.165) is 11.6 Å². The molecular weight excluding hydrogens is 440 g/mol. The van der Waals surface area contributed by atoms with E-state index in [1.165, 1.54) is 12.1 Å². The van der Waals surface area contributed by atoms with Crippen molar-refractivity contribution in [3.63, 3.8) is 0 Å². The zero-order valence-electron chi connectivity index (χ0n) is 15.0. The summed E-state index contributed by atoms with van der Waals surface area (Å²) >= 11 is 18.4. The van der Waals surface area contributed by atoms with Crippen molar-refractivity contribution in [2.45, 2.75) is 0 Å². The molecule has 1 fully saturated rings. The van der Waals surface area contributed by atoms with Gasteiger partial charge in [0.2, 0.25) is 0 Å². The summed E-state index contributed by atoms with van der Waals surface area (Å²) in [6.45, 7) is 1.36. The van der Waals surface area contributed by atoms with Crippen molar-refractivity contribution in [3.05, 3.63) is 68.5 Å². The van der Waals surface area contributed by atoms with Gasteiger partial charge in [-0.25, -0.2) is 4.39 Å². The maximum absolute atomic E-state index is 13.2. The minimum atomic E-state index is -0.501. The highest BCUT2D eigenvalue weighted by atomic mass is 35.5. The quantitative estimate of drug-likeness (QED) is 0.601. The third-order valence-electron chi connectivity index (χ3n) is 4.93. The molecule has 1 aromatic heterocycles. The van der Waals surface area contributed by atoms with Crippen LogP contribution in [-0.4, -0.2) is 52.8 Å². The van der Waals surface area contributed by atoms with Crippen LogP contribution in [0, 0.1) is 5.82 Å². The fourth-order valence-electron chi connectivity index (χ4n) is 3.38. The Kier molecular flexibility index (Phi) is 5.42. The number of rotatable bonds is 2. The van der Waals surface area contributed by atoms with Gasteiger partial charge in [-0.15, -0.1) is 0 Å². The summed E-state index contributed by atoms with van der Waals surface area (Å²) in [6, 6.07) is 8.86. The minimum absolute atomic E-state index is 0.0667. The van der Waals surface area contributed by atoms with E-state index in [1.54, 1.807) is 28.0 Å². The number of halogens is 4. The van der Waals surface area contributed by atoms with Gasteiger partial charge < -0.3 is 14.8 Å². The first kappa shape index (κ1) is 20.0. The Morgan fingerprint density at radius 1 is 0.897 bits per heavy atom. The highest BCUT2D eigenvalue weighted by Crippen LogP contribution is 2.30. The highest BCUT2D eigenvalue weighted by Gasteiger charge is 2.28. The molecule has 0 radical (unpaired) electrons. The first-order chi connectivity index (χ1) is 13.8. The fourth-order valence-corrected chi connectivity index (χ4v) is 4.09. The first-order valence-electron chi connectivity index (χ1n) is 8.85. The lowest BCUT2D eigenvalue weighted by atomic mass is 10.1. The molecular formula is C20H15Cl3FN3O2. The molecule has 29 heavy (non-hydrogen) atoms. The Labute approximate surface area is 180 Å². The Morgan fingerprint density at radius 3 is 2.21 bits per heavy atom. The average Bonchev–Trinajstić information content (AvgIpc) is 3.03. The van der Waals surface area contributed by atoms with Gasteiger partial charge in [-0.05, 0) is 36.4 Å². The summed E-state index contributed by atoms with van der Waals surface area (Å²) in [5, 5.41) is 1.60. The number of aromatic amines is 1. The maximum Gasteiger partial charge on any atom is 0.271 e. The Balaban J connectivity index is 1.47. The van der Waals surface area contributed by atoms with Crippen molar-refractivity contribution in [1.29, 1.82) is 0 Å². The highest BCUT2D eigenvalue weighted by molar-refractivity contribution is 6.39. The van der Waals surface area contributed by atoms with Crippen molar-refractivity contribution in [3.8, 4) is 0 Å². The van der Waals surface area contributed by atoms with Gasteiger partial charge in [0.05, 0.1) is 15.6 Å². The van der Waals surface area contributed by atoms with Crippen LogP contribution in [0.5, 0.6) is 0 Å². The molecule has 2 heterocycles. The van der Waals surface area contributed by atoms with Crippen molar-refractivity contribution in [2.75, 3.05) is 26.2 Å². The van der Waals surface area contributed by atoms with Crippen molar-refractivity contribution in [2.24, 2.45) is 0 Å². The molecule has 9 heteroatoms. The molecule has 4 rings (SSSR count). The normalized spacial score (nSPS) is 14.5. The largest absolute Gasteiger partial charge is 0.349 e. The van der Waals surface area contributed by atoms with Gasteiger partial charge in [-0.2, -0.15) is 0 Å². The lowest BCUT2D eigenvalue weighted by Gasteiger charge is -2.34. The number of carbonyl (C=O) groups excluding carboxylic acids is 2. The molecule has 5 nitrogen and oxygen atoms in total. The maximum atomic E-state index is 13.2. The minimum Gasteiger partial charge on any atom is -0.349 e. The van der Waals surface area contributed by atoms with E-state index in [2.05, 4.69) is 4.98 Å². The molecule has 2 aromatic carbocycles. The van der Waals surface area contributed by atoms with Gasteiger partial charge in [0.1, 0.15) is 11.5 Å². The van der Waals surface area contributed by atoms with Gasteiger partial charge in [0, 0.05) is 42.1 Å². The fraction of sp³-hybridized carbons (Fsp3) is 0.200. The Hall–Kier alpha value is -2.28. The second kappa shape index (κ2) is 7.86. The summed E-state index contributed by atoms with van der Waals surface area (Å²) in [7, 11) is 0. The smallest absolute Gasteiger partial charge is 0.271 e. The number of H-pyrrole nitrogens is 1. The van der Waals surface area contributed by atoms with Crippen LogP contribution >= 0.6 is 34.8 Å². The number of benzene rings is 2. The van der Waals surface area contributed by atoms with Gasteiger partial charge >= 0.3 is 0 Å². The zero-order valence-corrected chi connectivity index (χ0v) is 17.3. The molecule has 150 valence electrons. The molecule has 1 N–H and O–H groups in total. The van der Waals surface area contributed by atoms with E-state index >= 15 is 0 Å². The van der Waals surface area contributed by atoms with Crippen molar-refractivity contribution >= 4 is 57.5 Å². The van der Waals surface area contributed by atoms with Gasteiger partial charge in [0.25, 0.3) is 11.8 Å². The lowest BCUT2D eigenvalue weighted by Crippen LogP contribution is -2.50. The van der Waals surface area contributed by atoms with Gasteiger partial charge in [-0.1, -0.05) is 34.8 Å². The molecule has 1 aliphatic heterocycles. The second-order valence-electron chi connectivity index (χ2n) is 6.71. The topological polar surface area (TPSA) is 56.4 Å². The first-order valence-corrected chi connectivity index (χ1v) is 9.99. The molecule has 0 bridgehead atoms. The summed E-state index contributed by atoms with van der Waals surface area (Å²) < 4.78 is 13.2. The SMILES string of the molecule is O=C(c1ccc(F)cc1Cl)N1CCN(C(=O)c2[nH]c3ccc(Cl)cc3c2Cl)CC1. The number of nitrogens with zero attached hydrogens (tertiary/aromatic N) is 2. The monoisotopic (exact) mass is 453 g/mol. The van der Waals surface area contributed by atoms with Crippen LogP contribution in [0.1, 0.15) is 20.8 Å². The molecule has 2 amide bonds.